The molecule has 2 aromatic rings. The molecule has 0 fully saturated rings. The molecule has 2 N–H and O–H groups in total. The number of carbonyl (C=O) groups excluding carboxylic acids is 2. The summed E-state index contributed by atoms with van der Waals surface area (Å²) in [6.45, 7) is 0. The average molecular weight is 240 g/mol. The fourth-order valence-electron chi connectivity index (χ4n) is 2.16. The number of ketones is 2. The summed E-state index contributed by atoms with van der Waals surface area (Å²) < 4.78 is 0. The zero-order chi connectivity index (χ0) is 12.9. The van der Waals surface area contributed by atoms with Gasteiger partial charge in [0.25, 0.3) is 0 Å². The number of benzene rings is 2. The topological polar surface area (TPSA) is 74.6 Å². The van der Waals surface area contributed by atoms with E-state index in [1.807, 2.05) is 0 Å². The third kappa shape index (κ3) is 1.26. The van der Waals surface area contributed by atoms with E-state index in [1.165, 1.54) is 6.07 Å². The van der Waals surface area contributed by atoms with Gasteiger partial charge < -0.3 is 10.2 Å². The molecule has 0 aromatic heterocycles. The van der Waals surface area contributed by atoms with Gasteiger partial charge in [0.15, 0.2) is 0 Å². The van der Waals surface area contributed by atoms with Crippen molar-refractivity contribution in [2.75, 3.05) is 0 Å². The van der Waals surface area contributed by atoms with Crippen LogP contribution < -0.4 is 0 Å². The van der Waals surface area contributed by atoms with Crippen molar-refractivity contribution in [1.82, 2.24) is 0 Å². The van der Waals surface area contributed by atoms with Gasteiger partial charge in [-0.05, 0) is 11.5 Å². The lowest BCUT2D eigenvalue weighted by molar-refractivity contribution is -0.111. The van der Waals surface area contributed by atoms with Gasteiger partial charge in [-0.3, -0.25) is 9.59 Å². The standard InChI is InChI=1S/C14H8O4/c15-10-6-11(16)13(17)9-5-7-3-1-2-4-8(7)14(18)12(9)10/h1-6,15,18H. The quantitative estimate of drug-likeness (QED) is 0.692. The van der Waals surface area contributed by atoms with E-state index in [1.54, 1.807) is 24.3 Å². The molecular weight excluding hydrogens is 232 g/mol. The predicted molar refractivity (Wildman–Crippen MR) is 65.6 cm³/mol. The van der Waals surface area contributed by atoms with Gasteiger partial charge in [-0.15, -0.1) is 0 Å². The number of fused-ring (bicyclic) bond motifs is 2. The molecule has 0 atom stereocenters. The molecule has 0 spiro atoms. The summed E-state index contributed by atoms with van der Waals surface area (Å²) >= 11 is 0. The average Bonchev–Trinajstić information content (AvgIpc) is 2.36. The van der Waals surface area contributed by atoms with Gasteiger partial charge in [0.2, 0.25) is 11.6 Å². The van der Waals surface area contributed by atoms with E-state index < -0.39 is 11.6 Å². The van der Waals surface area contributed by atoms with Crippen LogP contribution in [0.3, 0.4) is 0 Å². The molecule has 0 radical (unpaired) electrons. The molecule has 88 valence electrons. The molecule has 0 unspecified atom stereocenters. The molecule has 0 saturated heterocycles. The Balaban J connectivity index is 2.48. The fourth-order valence-corrected chi connectivity index (χ4v) is 2.16. The van der Waals surface area contributed by atoms with E-state index in [-0.39, 0.29) is 22.6 Å². The van der Waals surface area contributed by atoms with Gasteiger partial charge >= 0.3 is 0 Å². The highest BCUT2D eigenvalue weighted by atomic mass is 16.3. The minimum absolute atomic E-state index is 0.0262. The van der Waals surface area contributed by atoms with Gasteiger partial charge in [0.05, 0.1) is 5.56 Å². The third-order valence-corrected chi connectivity index (χ3v) is 3.01. The zero-order valence-electron chi connectivity index (χ0n) is 9.18. The lowest BCUT2D eigenvalue weighted by Gasteiger charge is -2.15. The minimum Gasteiger partial charge on any atom is -0.507 e. The molecular formula is C14H8O4. The Bertz CT molecular complexity index is 741. The lowest BCUT2D eigenvalue weighted by Crippen LogP contribution is -2.18. The normalized spacial score (nSPS) is 14.6. The second-order valence-electron chi connectivity index (χ2n) is 4.09. The number of aliphatic hydroxyl groups is 1. The number of aliphatic hydroxyl groups excluding tert-OH is 1. The lowest BCUT2D eigenvalue weighted by atomic mass is 9.90. The largest absolute Gasteiger partial charge is 0.507 e. The molecule has 0 amide bonds. The molecule has 4 heteroatoms. The highest BCUT2D eigenvalue weighted by Crippen LogP contribution is 2.37. The van der Waals surface area contributed by atoms with Crippen LogP contribution in [-0.4, -0.2) is 21.8 Å². The SMILES string of the molecule is O=C1C=C(O)c2c(cc3ccccc3c2O)C1=O. The first-order chi connectivity index (χ1) is 8.59. The van der Waals surface area contributed by atoms with Crippen molar-refractivity contribution < 1.29 is 19.8 Å². The third-order valence-electron chi connectivity index (χ3n) is 3.01. The van der Waals surface area contributed by atoms with E-state index in [4.69, 9.17) is 0 Å². The van der Waals surface area contributed by atoms with Crippen molar-refractivity contribution in [3.05, 3.63) is 47.5 Å². The summed E-state index contributed by atoms with van der Waals surface area (Å²) in [5.41, 5.74) is 0.0644. The molecule has 1 aliphatic carbocycles. The first kappa shape index (κ1) is 10.5. The van der Waals surface area contributed by atoms with E-state index >= 15 is 0 Å². The van der Waals surface area contributed by atoms with Gasteiger partial charge in [-0.1, -0.05) is 24.3 Å². The Morgan fingerprint density at radius 1 is 1.00 bits per heavy atom. The Morgan fingerprint density at radius 3 is 2.50 bits per heavy atom. The van der Waals surface area contributed by atoms with E-state index in [0.29, 0.717) is 10.8 Å². The molecule has 1 aliphatic rings. The Hall–Kier alpha value is -2.62. The number of aromatic hydroxyl groups is 1. The summed E-state index contributed by atoms with van der Waals surface area (Å²) in [6, 6.07) is 8.42. The molecule has 2 aromatic carbocycles. The van der Waals surface area contributed by atoms with Crippen molar-refractivity contribution in [1.29, 1.82) is 0 Å². The number of phenolic OH excluding ortho intramolecular Hbond substituents is 1. The van der Waals surface area contributed by atoms with E-state index in [0.717, 1.165) is 6.08 Å². The second kappa shape index (κ2) is 3.43. The van der Waals surface area contributed by atoms with Gasteiger partial charge in [0.1, 0.15) is 11.5 Å². The van der Waals surface area contributed by atoms with Crippen LogP contribution in [0.5, 0.6) is 5.75 Å². The number of allylic oxidation sites excluding steroid dienone is 1. The Morgan fingerprint density at radius 2 is 1.72 bits per heavy atom. The summed E-state index contributed by atoms with van der Waals surface area (Å²) in [5, 5.41) is 21.0. The minimum atomic E-state index is -0.783. The zero-order valence-corrected chi connectivity index (χ0v) is 9.18. The van der Waals surface area contributed by atoms with Crippen LogP contribution in [0, 0.1) is 0 Å². The Labute approximate surface area is 102 Å². The molecule has 4 nitrogen and oxygen atoms in total. The summed E-state index contributed by atoms with van der Waals surface area (Å²) in [5.74, 6) is -2.06. The van der Waals surface area contributed by atoms with Crippen molar-refractivity contribution in [2.24, 2.45) is 0 Å². The van der Waals surface area contributed by atoms with Crippen molar-refractivity contribution in [3.8, 4) is 5.75 Å². The molecule has 0 aliphatic heterocycles. The smallest absolute Gasteiger partial charge is 0.233 e. The fraction of sp³-hybridized carbons (Fsp3) is 0. The van der Waals surface area contributed by atoms with Crippen LogP contribution in [-0.2, 0) is 4.79 Å². The van der Waals surface area contributed by atoms with Crippen molar-refractivity contribution >= 4 is 28.1 Å². The van der Waals surface area contributed by atoms with Crippen LogP contribution in [0.1, 0.15) is 15.9 Å². The maximum atomic E-state index is 11.7. The van der Waals surface area contributed by atoms with Gasteiger partial charge in [-0.2, -0.15) is 0 Å². The van der Waals surface area contributed by atoms with Gasteiger partial charge in [0, 0.05) is 17.0 Å². The molecule has 0 bridgehead atoms. The summed E-state index contributed by atoms with van der Waals surface area (Å²) in [7, 11) is 0. The molecule has 0 saturated carbocycles. The molecule has 18 heavy (non-hydrogen) atoms. The maximum absolute atomic E-state index is 11.7. The molecule has 3 rings (SSSR count). The first-order valence-electron chi connectivity index (χ1n) is 5.34. The summed E-state index contributed by atoms with van der Waals surface area (Å²) in [6.07, 6.45) is 0.832. The summed E-state index contributed by atoms with van der Waals surface area (Å²) in [4.78, 5) is 23.1. The first-order valence-corrected chi connectivity index (χ1v) is 5.34. The Kier molecular flexibility index (Phi) is 2.01. The number of hydrogen-bond acceptors (Lipinski definition) is 4. The van der Waals surface area contributed by atoms with Crippen LogP contribution in [0.25, 0.3) is 16.5 Å². The van der Waals surface area contributed by atoms with E-state index in [9.17, 15) is 19.8 Å². The number of rotatable bonds is 0. The van der Waals surface area contributed by atoms with Crippen LogP contribution in [0.2, 0.25) is 0 Å². The van der Waals surface area contributed by atoms with Crippen LogP contribution in [0.4, 0.5) is 0 Å². The highest BCUT2D eigenvalue weighted by molar-refractivity contribution is 6.50. The van der Waals surface area contributed by atoms with Crippen LogP contribution in [0.15, 0.2) is 36.4 Å². The van der Waals surface area contributed by atoms with Crippen molar-refractivity contribution in [3.63, 3.8) is 0 Å². The number of carbonyl (C=O) groups is 2. The number of Topliss-reactive ketones (excluding diaryl/α,β-unsaturated/α-hetero) is 1. The van der Waals surface area contributed by atoms with Crippen LogP contribution >= 0.6 is 0 Å². The predicted octanol–water partition coefficient (Wildman–Crippen LogP) is 2.21. The van der Waals surface area contributed by atoms with Gasteiger partial charge in [-0.25, -0.2) is 0 Å². The monoisotopic (exact) mass is 240 g/mol. The maximum Gasteiger partial charge on any atom is 0.233 e. The second-order valence-corrected chi connectivity index (χ2v) is 4.09. The highest BCUT2D eigenvalue weighted by Gasteiger charge is 2.29. The molecule has 0 heterocycles. The number of hydrogen-bond donors (Lipinski definition) is 2. The van der Waals surface area contributed by atoms with Crippen molar-refractivity contribution in [2.45, 2.75) is 0 Å². The van der Waals surface area contributed by atoms with E-state index in [2.05, 4.69) is 0 Å². The number of phenols is 1.